The molecule has 2 rings (SSSR count). The first-order chi connectivity index (χ1) is 8.81. The second-order valence-electron chi connectivity index (χ2n) is 5.47. The summed E-state index contributed by atoms with van der Waals surface area (Å²) in [6.07, 6.45) is -4.20. The summed E-state index contributed by atoms with van der Waals surface area (Å²) in [6.45, 7) is 1.92. The second-order valence-corrected chi connectivity index (χ2v) is 5.47. The van der Waals surface area contributed by atoms with Gasteiger partial charge in [-0.3, -0.25) is 4.79 Å². The molecule has 0 heterocycles. The summed E-state index contributed by atoms with van der Waals surface area (Å²) < 4.78 is 44.8. The average Bonchev–Trinajstić information content (AvgIpc) is 2.44. The Kier molecular flexibility index (Phi) is 3.93. The highest BCUT2D eigenvalue weighted by Crippen LogP contribution is 2.50. The van der Waals surface area contributed by atoms with Crippen LogP contribution in [0.2, 0.25) is 0 Å². The molecule has 2 bridgehead atoms. The van der Waals surface area contributed by atoms with Crippen LogP contribution in [-0.4, -0.2) is 35.4 Å². The molecule has 0 aromatic carbocycles. The SMILES string of the molecule is CCO[C@H]1C[C@](O)(C(F)(F)F)[C@H]2CCCC[C@H]1C2=O. The summed E-state index contributed by atoms with van der Waals surface area (Å²) >= 11 is 0. The summed E-state index contributed by atoms with van der Waals surface area (Å²) in [5.74, 6) is -2.28. The fourth-order valence-electron chi connectivity index (χ4n) is 3.39. The van der Waals surface area contributed by atoms with Crippen LogP contribution >= 0.6 is 0 Å². The van der Waals surface area contributed by atoms with E-state index < -0.39 is 41.9 Å². The Morgan fingerprint density at radius 3 is 2.58 bits per heavy atom. The molecule has 2 aliphatic rings. The van der Waals surface area contributed by atoms with E-state index in [0.29, 0.717) is 19.3 Å². The number of hydrogen-bond acceptors (Lipinski definition) is 3. The average molecular weight is 280 g/mol. The summed E-state index contributed by atoms with van der Waals surface area (Å²) in [6, 6.07) is 0. The Morgan fingerprint density at radius 2 is 2.00 bits per heavy atom. The third kappa shape index (κ3) is 2.40. The van der Waals surface area contributed by atoms with Crippen molar-refractivity contribution in [3.05, 3.63) is 0 Å². The van der Waals surface area contributed by atoms with Gasteiger partial charge in [0, 0.05) is 18.9 Å². The molecular weight excluding hydrogens is 261 g/mol. The molecule has 0 saturated heterocycles. The van der Waals surface area contributed by atoms with Crippen LogP contribution in [0.1, 0.15) is 39.0 Å². The molecular formula is C13H19F3O3. The zero-order valence-corrected chi connectivity index (χ0v) is 10.9. The fraction of sp³-hybridized carbons (Fsp3) is 0.923. The maximum atomic E-state index is 13.2. The van der Waals surface area contributed by atoms with E-state index in [1.165, 1.54) is 0 Å². The van der Waals surface area contributed by atoms with Crippen LogP contribution in [0.3, 0.4) is 0 Å². The van der Waals surface area contributed by atoms with Gasteiger partial charge in [0.05, 0.1) is 12.0 Å². The molecule has 2 saturated carbocycles. The maximum Gasteiger partial charge on any atom is 0.417 e. The van der Waals surface area contributed by atoms with Gasteiger partial charge in [0.1, 0.15) is 5.78 Å². The van der Waals surface area contributed by atoms with Crippen molar-refractivity contribution in [2.45, 2.75) is 56.9 Å². The number of Topliss-reactive ketones (excluding diaryl/α,β-unsaturated/α-hetero) is 1. The molecule has 0 spiro atoms. The van der Waals surface area contributed by atoms with E-state index in [1.54, 1.807) is 6.92 Å². The number of alkyl halides is 3. The number of fused-ring (bicyclic) bond motifs is 2. The molecule has 110 valence electrons. The lowest BCUT2D eigenvalue weighted by molar-refractivity contribution is -0.294. The first-order valence-corrected chi connectivity index (χ1v) is 6.75. The molecule has 1 N–H and O–H groups in total. The lowest BCUT2D eigenvalue weighted by atomic mass is 9.67. The third-order valence-electron chi connectivity index (χ3n) is 4.38. The van der Waals surface area contributed by atoms with Gasteiger partial charge in [-0.05, 0) is 19.8 Å². The van der Waals surface area contributed by atoms with Gasteiger partial charge < -0.3 is 9.84 Å². The molecule has 0 aromatic heterocycles. The summed E-state index contributed by atoms with van der Waals surface area (Å²) in [4.78, 5) is 12.2. The maximum absolute atomic E-state index is 13.2. The Balaban J connectivity index is 2.37. The molecule has 0 aromatic rings. The van der Waals surface area contributed by atoms with Crippen molar-refractivity contribution in [1.82, 2.24) is 0 Å². The number of aliphatic hydroxyl groups is 1. The molecule has 0 unspecified atom stereocenters. The lowest BCUT2D eigenvalue weighted by Crippen LogP contribution is -2.61. The van der Waals surface area contributed by atoms with Crippen molar-refractivity contribution < 1.29 is 27.8 Å². The van der Waals surface area contributed by atoms with Crippen LogP contribution in [0.25, 0.3) is 0 Å². The monoisotopic (exact) mass is 280 g/mol. The molecule has 6 heteroatoms. The van der Waals surface area contributed by atoms with Gasteiger partial charge in [-0.15, -0.1) is 0 Å². The van der Waals surface area contributed by atoms with Crippen molar-refractivity contribution in [2.75, 3.05) is 6.61 Å². The van der Waals surface area contributed by atoms with Crippen molar-refractivity contribution in [1.29, 1.82) is 0 Å². The second kappa shape index (κ2) is 5.05. The van der Waals surface area contributed by atoms with Gasteiger partial charge in [0.25, 0.3) is 0 Å². The van der Waals surface area contributed by atoms with E-state index in [-0.39, 0.29) is 13.0 Å². The number of hydrogen-bond donors (Lipinski definition) is 1. The van der Waals surface area contributed by atoms with E-state index in [1.807, 2.05) is 0 Å². The van der Waals surface area contributed by atoms with E-state index >= 15 is 0 Å². The minimum atomic E-state index is -4.79. The highest BCUT2D eigenvalue weighted by Gasteiger charge is 2.65. The topological polar surface area (TPSA) is 46.5 Å². The number of ether oxygens (including phenoxy) is 1. The van der Waals surface area contributed by atoms with Gasteiger partial charge in [-0.2, -0.15) is 13.2 Å². The number of carbonyl (C=O) groups is 1. The number of rotatable bonds is 2. The lowest BCUT2D eigenvalue weighted by Gasteiger charge is -2.45. The summed E-state index contributed by atoms with van der Waals surface area (Å²) in [5.41, 5.74) is -2.93. The summed E-state index contributed by atoms with van der Waals surface area (Å²) in [5, 5.41) is 10.1. The van der Waals surface area contributed by atoms with Crippen LogP contribution in [0, 0.1) is 11.8 Å². The molecule has 2 aliphatic carbocycles. The predicted molar refractivity (Wildman–Crippen MR) is 61.5 cm³/mol. The zero-order valence-electron chi connectivity index (χ0n) is 10.9. The minimum Gasteiger partial charge on any atom is -0.380 e. The minimum absolute atomic E-state index is 0.115. The number of halogens is 3. The molecule has 0 aliphatic heterocycles. The van der Waals surface area contributed by atoms with Gasteiger partial charge in [-0.25, -0.2) is 0 Å². The van der Waals surface area contributed by atoms with Crippen LogP contribution in [0.15, 0.2) is 0 Å². The van der Waals surface area contributed by atoms with E-state index in [4.69, 9.17) is 4.74 Å². The number of ketones is 1. The third-order valence-corrected chi connectivity index (χ3v) is 4.38. The molecule has 2 fully saturated rings. The van der Waals surface area contributed by atoms with Crippen LogP contribution < -0.4 is 0 Å². The molecule has 0 radical (unpaired) electrons. The highest BCUT2D eigenvalue weighted by molar-refractivity contribution is 5.86. The van der Waals surface area contributed by atoms with Crippen molar-refractivity contribution in [3.8, 4) is 0 Å². The smallest absolute Gasteiger partial charge is 0.380 e. The van der Waals surface area contributed by atoms with Gasteiger partial charge in [0.15, 0.2) is 5.60 Å². The Morgan fingerprint density at radius 1 is 1.37 bits per heavy atom. The summed E-state index contributed by atoms with van der Waals surface area (Å²) in [7, 11) is 0. The standard InChI is InChI=1S/C13H19F3O3/c1-2-19-10-7-12(18,13(14,15)16)9-6-4-3-5-8(10)11(9)17/h8-10,18H,2-7H2,1H3/t8-,9+,10+,12-/m1/s1. The van der Waals surface area contributed by atoms with Gasteiger partial charge >= 0.3 is 6.18 Å². The first-order valence-electron chi connectivity index (χ1n) is 6.75. The molecule has 3 nitrogen and oxygen atoms in total. The van der Waals surface area contributed by atoms with E-state index in [2.05, 4.69) is 0 Å². The van der Waals surface area contributed by atoms with Gasteiger partial charge in [-0.1, -0.05) is 12.8 Å². The van der Waals surface area contributed by atoms with Crippen molar-refractivity contribution in [3.63, 3.8) is 0 Å². The Bertz CT molecular complexity index is 356. The highest BCUT2D eigenvalue weighted by atomic mass is 19.4. The zero-order chi connectivity index (χ0) is 14.3. The Hall–Kier alpha value is -0.620. The molecule has 19 heavy (non-hydrogen) atoms. The number of carbonyl (C=O) groups excluding carboxylic acids is 1. The van der Waals surface area contributed by atoms with Crippen molar-refractivity contribution in [2.24, 2.45) is 11.8 Å². The quantitative estimate of drug-likeness (QED) is 0.845. The largest absolute Gasteiger partial charge is 0.417 e. The van der Waals surface area contributed by atoms with Crippen LogP contribution in [0.5, 0.6) is 0 Å². The predicted octanol–water partition coefficient (Wildman–Crippen LogP) is 2.46. The van der Waals surface area contributed by atoms with E-state index in [9.17, 15) is 23.1 Å². The van der Waals surface area contributed by atoms with Crippen LogP contribution in [-0.2, 0) is 9.53 Å². The van der Waals surface area contributed by atoms with E-state index in [0.717, 1.165) is 0 Å². The molecule has 4 atom stereocenters. The van der Waals surface area contributed by atoms with Crippen LogP contribution in [0.4, 0.5) is 13.2 Å². The van der Waals surface area contributed by atoms with Crippen molar-refractivity contribution >= 4 is 5.78 Å². The molecule has 0 amide bonds. The van der Waals surface area contributed by atoms with Gasteiger partial charge in [0.2, 0.25) is 0 Å². The Labute approximate surface area is 110 Å². The normalized spacial score (nSPS) is 40.1. The fourth-order valence-corrected chi connectivity index (χ4v) is 3.39. The first kappa shape index (κ1) is 14.8.